The molecule has 1 aromatic rings. The fourth-order valence-electron chi connectivity index (χ4n) is 3.55. The zero-order chi connectivity index (χ0) is 12.8. The van der Waals surface area contributed by atoms with Crippen LogP contribution >= 0.6 is 0 Å². The van der Waals surface area contributed by atoms with Gasteiger partial charge in [-0.1, -0.05) is 30.3 Å². The Labute approximate surface area is 109 Å². The van der Waals surface area contributed by atoms with Crippen molar-refractivity contribution in [2.75, 3.05) is 0 Å². The van der Waals surface area contributed by atoms with Gasteiger partial charge in [-0.05, 0) is 45.1 Å². The van der Waals surface area contributed by atoms with E-state index in [1.165, 1.54) is 5.56 Å². The first-order valence-corrected chi connectivity index (χ1v) is 6.85. The molecule has 0 amide bonds. The molecule has 1 heterocycles. The maximum Gasteiger partial charge on any atom is 0.0926 e. The van der Waals surface area contributed by atoms with Crippen LogP contribution < -0.4 is 0 Å². The number of fused-ring (bicyclic) bond motifs is 2. The van der Waals surface area contributed by atoms with Crippen molar-refractivity contribution in [1.29, 1.82) is 0 Å². The van der Waals surface area contributed by atoms with E-state index < -0.39 is 0 Å². The van der Waals surface area contributed by atoms with Crippen LogP contribution in [-0.4, -0.2) is 17.3 Å². The molecule has 1 aliphatic heterocycles. The number of hydrogen-bond acceptors (Lipinski definition) is 2. The van der Waals surface area contributed by atoms with Crippen LogP contribution in [0.2, 0.25) is 0 Å². The molecule has 2 nitrogen and oxygen atoms in total. The molecule has 18 heavy (non-hydrogen) atoms. The highest BCUT2D eigenvalue weighted by atomic mass is 16.6. The molecule has 98 valence electrons. The van der Waals surface area contributed by atoms with Gasteiger partial charge in [0.25, 0.3) is 0 Å². The van der Waals surface area contributed by atoms with Crippen LogP contribution in [-0.2, 0) is 16.1 Å². The molecule has 2 bridgehead atoms. The van der Waals surface area contributed by atoms with Crippen molar-refractivity contribution in [2.45, 2.75) is 57.5 Å². The summed E-state index contributed by atoms with van der Waals surface area (Å²) in [6, 6.07) is 10.4. The van der Waals surface area contributed by atoms with Gasteiger partial charge in [0, 0.05) is 0 Å². The Morgan fingerprint density at radius 3 is 2.50 bits per heavy atom. The van der Waals surface area contributed by atoms with Crippen LogP contribution in [0.3, 0.4) is 0 Å². The van der Waals surface area contributed by atoms with Crippen molar-refractivity contribution < 1.29 is 9.47 Å². The van der Waals surface area contributed by atoms with Gasteiger partial charge in [-0.2, -0.15) is 0 Å². The normalized spacial score (nSPS) is 37.1. The lowest BCUT2D eigenvalue weighted by Gasteiger charge is -2.39. The van der Waals surface area contributed by atoms with Gasteiger partial charge >= 0.3 is 0 Å². The third-order valence-electron chi connectivity index (χ3n) is 4.60. The predicted octanol–water partition coefficient (Wildman–Crippen LogP) is 3.55. The Bertz CT molecular complexity index is 426. The van der Waals surface area contributed by atoms with E-state index in [1.807, 2.05) is 6.07 Å². The average molecular weight is 246 g/mol. The summed E-state index contributed by atoms with van der Waals surface area (Å²) in [4.78, 5) is 0. The van der Waals surface area contributed by atoms with E-state index in [2.05, 4.69) is 45.0 Å². The molecule has 3 unspecified atom stereocenters. The van der Waals surface area contributed by atoms with E-state index in [1.54, 1.807) is 0 Å². The van der Waals surface area contributed by atoms with Crippen molar-refractivity contribution in [2.24, 2.45) is 5.92 Å². The van der Waals surface area contributed by atoms with Crippen molar-refractivity contribution in [1.82, 2.24) is 0 Å². The fourth-order valence-corrected chi connectivity index (χ4v) is 3.55. The molecule has 0 N–H and O–H groups in total. The van der Waals surface area contributed by atoms with E-state index in [-0.39, 0.29) is 17.3 Å². The van der Waals surface area contributed by atoms with Crippen LogP contribution in [0.1, 0.15) is 39.2 Å². The van der Waals surface area contributed by atoms with Gasteiger partial charge in [0.15, 0.2) is 0 Å². The van der Waals surface area contributed by atoms with Gasteiger partial charge in [0.2, 0.25) is 0 Å². The van der Waals surface area contributed by atoms with Crippen molar-refractivity contribution >= 4 is 0 Å². The molecule has 0 aromatic heterocycles. The van der Waals surface area contributed by atoms with Gasteiger partial charge < -0.3 is 9.47 Å². The molecule has 3 rings (SSSR count). The molecule has 0 radical (unpaired) electrons. The van der Waals surface area contributed by atoms with Crippen molar-refractivity contribution in [3.05, 3.63) is 35.9 Å². The number of rotatable bonds is 3. The van der Waals surface area contributed by atoms with Crippen LogP contribution in [0, 0.1) is 5.92 Å². The Kier molecular flexibility index (Phi) is 2.76. The van der Waals surface area contributed by atoms with E-state index in [0.717, 1.165) is 12.8 Å². The highest BCUT2D eigenvalue weighted by molar-refractivity contribution is 5.14. The number of benzene rings is 1. The predicted molar refractivity (Wildman–Crippen MR) is 71.3 cm³/mol. The molecular formula is C16H22O2. The van der Waals surface area contributed by atoms with Crippen molar-refractivity contribution in [3.63, 3.8) is 0 Å². The first-order valence-electron chi connectivity index (χ1n) is 6.85. The Morgan fingerprint density at radius 1 is 1.22 bits per heavy atom. The van der Waals surface area contributed by atoms with Crippen LogP contribution in [0.5, 0.6) is 0 Å². The van der Waals surface area contributed by atoms with Crippen LogP contribution in [0.15, 0.2) is 30.3 Å². The molecule has 1 saturated heterocycles. The zero-order valence-corrected chi connectivity index (χ0v) is 11.5. The number of hydrogen-bond donors (Lipinski definition) is 0. The summed E-state index contributed by atoms with van der Waals surface area (Å²) >= 11 is 0. The second-order valence-corrected chi connectivity index (χ2v) is 6.44. The molecule has 2 aliphatic rings. The van der Waals surface area contributed by atoms with Gasteiger partial charge in [-0.3, -0.25) is 0 Å². The van der Waals surface area contributed by atoms with Crippen LogP contribution in [0.4, 0.5) is 0 Å². The minimum Gasteiger partial charge on any atom is -0.371 e. The Morgan fingerprint density at radius 2 is 1.94 bits per heavy atom. The quantitative estimate of drug-likeness (QED) is 0.812. The average Bonchev–Trinajstić information content (AvgIpc) is 2.75. The minimum atomic E-state index is -0.0804. The second-order valence-electron chi connectivity index (χ2n) is 6.44. The minimum absolute atomic E-state index is 0.0291. The molecule has 1 saturated carbocycles. The largest absolute Gasteiger partial charge is 0.371 e. The summed E-state index contributed by atoms with van der Waals surface area (Å²) < 4.78 is 12.3. The van der Waals surface area contributed by atoms with Crippen molar-refractivity contribution in [3.8, 4) is 0 Å². The third kappa shape index (κ3) is 1.98. The van der Waals surface area contributed by atoms with Gasteiger partial charge in [0.1, 0.15) is 0 Å². The van der Waals surface area contributed by atoms with E-state index in [9.17, 15) is 0 Å². The lowest BCUT2D eigenvalue weighted by atomic mass is 9.90. The lowest BCUT2D eigenvalue weighted by Crippen LogP contribution is -2.45. The number of ether oxygens (including phenoxy) is 2. The molecule has 2 fully saturated rings. The zero-order valence-electron chi connectivity index (χ0n) is 11.5. The highest BCUT2D eigenvalue weighted by Crippen LogP contribution is 2.54. The molecule has 2 heteroatoms. The fraction of sp³-hybridized carbons (Fsp3) is 0.625. The lowest BCUT2D eigenvalue weighted by molar-refractivity contribution is -0.185. The molecule has 0 spiro atoms. The Balaban J connectivity index is 1.63. The van der Waals surface area contributed by atoms with Gasteiger partial charge in [0.05, 0.1) is 23.9 Å². The topological polar surface area (TPSA) is 18.5 Å². The summed E-state index contributed by atoms with van der Waals surface area (Å²) in [5.41, 5.74) is 1.19. The van der Waals surface area contributed by atoms with E-state index >= 15 is 0 Å². The standard InChI is InChI=1S/C16H22O2/c1-15(2)13-9-14(16(3,10-13)18-15)17-11-12-7-5-4-6-8-12/h4-8,13-14H,9-11H2,1-3H3. The van der Waals surface area contributed by atoms with Gasteiger partial charge in [-0.15, -0.1) is 0 Å². The first-order chi connectivity index (χ1) is 8.50. The van der Waals surface area contributed by atoms with Crippen LogP contribution in [0.25, 0.3) is 0 Å². The van der Waals surface area contributed by atoms with E-state index in [0.29, 0.717) is 12.5 Å². The maximum absolute atomic E-state index is 6.21. The van der Waals surface area contributed by atoms with Gasteiger partial charge in [-0.25, -0.2) is 0 Å². The summed E-state index contributed by atoms with van der Waals surface area (Å²) in [6.07, 6.45) is 2.52. The smallest absolute Gasteiger partial charge is 0.0926 e. The summed E-state index contributed by atoms with van der Waals surface area (Å²) in [6.45, 7) is 7.31. The molecule has 1 aromatic carbocycles. The molecule has 1 aliphatic carbocycles. The summed E-state index contributed by atoms with van der Waals surface area (Å²) in [5.74, 6) is 0.642. The summed E-state index contributed by atoms with van der Waals surface area (Å²) in [5, 5.41) is 0. The Hall–Kier alpha value is -0.860. The van der Waals surface area contributed by atoms with E-state index in [4.69, 9.17) is 9.47 Å². The highest BCUT2D eigenvalue weighted by Gasteiger charge is 2.59. The first kappa shape index (κ1) is 12.2. The second kappa shape index (κ2) is 4.07. The molecular weight excluding hydrogens is 224 g/mol. The molecule has 3 atom stereocenters. The third-order valence-corrected chi connectivity index (χ3v) is 4.60. The summed E-state index contributed by atoms with van der Waals surface area (Å²) in [7, 11) is 0. The SMILES string of the molecule is CC1(C)OC2(C)CC1CC2OCc1ccccc1. The monoisotopic (exact) mass is 246 g/mol. The maximum atomic E-state index is 6.21.